The van der Waals surface area contributed by atoms with Crippen LogP contribution in [-0.2, 0) is 6.54 Å². The summed E-state index contributed by atoms with van der Waals surface area (Å²) in [6.45, 7) is -0.227. The van der Waals surface area contributed by atoms with Crippen molar-refractivity contribution in [3.05, 3.63) is 95.5 Å². The van der Waals surface area contributed by atoms with Gasteiger partial charge in [0.25, 0.3) is 0 Å². The molecule has 0 atom stereocenters. The normalized spacial score (nSPS) is 11.5. The number of rotatable bonds is 4. The van der Waals surface area contributed by atoms with Crippen LogP contribution in [0.1, 0.15) is 15.9 Å². The summed E-state index contributed by atoms with van der Waals surface area (Å²) in [5, 5.41) is 1.10. The van der Waals surface area contributed by atoms with Crippen LogP contribution in [0.3, 0.4) is 0 Å². The summed E-state index contributed by atoms with van der Waals surface area (Å²) in [7, 11) is 0. The van der Waals surface area contributed by atoms with E-state index in [1.165, 1.54) is 6.26 Å². The van der Waals surface area contributed by atoms with E-state index in [0.717, 1.165) is 0 Å². The molecule has 7 heteroatoms. The third-order valence-electron chi connectivity index (χ3n) is 5.29. The number of amides is 1. The first-order chi connectivity index (χ1) is 14.9. The van der Waals surface area contributed by atoms with Gasteiger partial charge < -0.3 is 14.7 Å². The number of nitrogens with two attached hydrogens (primary N) is 1. The minimum absolute atomic E-state index is 0.227. The van der Waals surface area contributed by atoms with Gasteiger partial charge in [0, 0.05) is 39.6 Å². The van der Waals surface area contributed by atoms with Gasteiger partial charge in [-0.2, -0.15) is 0 Å². The predicted octanol–water partition coefficient (Wildman–Crippen LogP) is 5.42. The molecule has 3 aromatic carbocycles. The number of hydrogen-bond acceptors (Lipinski definition) is 2. The summed E-state index contributed by atoms with van der Waals surface area (Å²) in [4.78, 5) is 12.0. The average Bonchev–Trinajstić information content (AvgIpc) is 3.37. The number of nitrogens with zero attached hydrogens (tertiary/aromatic N) is 1. The number of fused-ring (bicyclic) bond motifs is 3. The minimum Gasteiger partial charge on any atom is -0.464 e. The van der Waals surface area contributed by atoms with Crippen LogP contribution in [0.5, 0.6) is 0 Å². The molecular weight excluding hydrogens is 405 g/mol. The molecule has 5 aromatic rings. The number of aromatic nitrogens is 1. The number of primary amides is 1. The van der Waals surface area contributed by atoms with E-state index in [2.05, 4.69) is 6.07 Å². The third-order valence-corrected chi connectivity index (χ3v) is 5.29. The zero-order valence-corrected chi connectivity index (χ0v) is 16.0. The number of carbonyl (C=O) groups is 1. The molecule has 0 aliphatic heterocycles. The van der Waals surface area contributed by atoms with Crippen LogP contribution in [0.25, 0.3) is 33.1 Å². The van der Waals surface area contributed by atoms with Gasteiger partial charge >= 0.3 is 0 Å². The molecule has 5 rings (SSSR count). The number of hydrogen-bond donors (Lipinski definition) is 1. The molecule has 0 aliphatic rings. The van der Waals surface area contributed by atoms with Crippen molar-refractivity contribution >= 4 is 27.7 Å². The molecule has 153 valence electrons. The summed E-state index contributed by atoms with van der Waals surface area (Å²) in [5.74, 6) is -3.03. The van der Waals surface area contributed by atoms with Crippen molar-refractivity contribution in [1.82, 2.24) is 4.57 Å². The molecule has 2 heterocycles. The van der Waals surface area contributed by atoms with E-state index in [4.69, 9.17) is 10.2 Å². The fourth-order valence-electron chi connectivity index (χ4n) is 3.90. The molecule has 0 saturated carbocycles. The predicted molar refractivity (Wildman–Crippen MR) is 110 cm³/mol. The Morgan fingerprint density at radius 2 is 1.81 bits per heavy atom. The summed E-state index contributed by atoms with van der Waals surface area (Å²) in [6, 6.07) is 16.4. The Morgan fingerprint density at radius 3 is 2.48 bits per heavy atom. The maximum atomic E-state index is 14.4. The standard InChI is InChI=1S/C24H14F3N2O2/c25-14-10-18(26)17(19(27)11-14)12-29-20-4-1-3-16(24(28)30)23(20)15-7-6-13(9-21(15)29)22-5-2-8-31-22/h1-6,8-11H,12H2,(H2,28,30). The highest BCUT2D eigenvalue weighted by Gasteiger charge is 2.20. The van der Waals surface area contributed by atoms with Crippen LogP contribution in [0.4, 0.5) is 13.2 Å². The molecule has 4 nitrogen and oxygen atoms in total. The van der Waals surface area contributed by atoms with E-state index in [1.807, 2.05) is 0 Å². The van der Waals surface area contributed by atoms with E-state index in [-0.39, 0.29) is 17.7 Å². The number of furan rings is 1. The minimum atomic E-state index is -0.996. The lowest BCUT2D eigenvalue weighted by atomic mass is 10.0. The van der Waals surface area contributed by atoms with Crippen LogP contribution >= 0.6 is 0 Å². The smallest absolute Gasteiger partial charge is 0.249 e. The molecule has 0 saturated heterocycles. The first-order valence-corrected chi connectivity index (χ1v) is 9.38. The Hall–Kier alpha value is -4.00. The maximum Gasteiger partial charge on any atom is 0.249 e. The van der Waals surface area contributed by atoms with Crippen LogP contribution in [0.15, 0.2) is 65.3 Å². The van der Waals surface area contributed by atoms with Crippen LogP contribution in [0, 0.1) is 23.5 Å². The van der Waals surface area contributed by atoms with Crippen molar-refractivity contribution in [3.8, 4) is 11.3 Å². The fourth-order valence-corrected chi connectivity index (χ4v) is 3.90. The highest BCUT2D eigenvalue weighted by Crippen LogP contribution is 2.35. The summed E-state index contributed by atoms with van der Waals surface area (Å²) >= 11 is 0. The van der Waals surface area contributed by atoms with Crippen molar-refractivity contribution in [2.75, 3.05) is 0 Å². The first kappa shape index (κ1) is 19.0. The topological polar surface area (TPSA) is 61.2 Å². The Labute approximate surface area is 174 Å². The monoisotopic (exact) mass is 419 g/mol. The number of halogens is 3. The van der Waals surface area contributed by atoms with Gasteiger partial charge in [-0.3, -0.25) is 4.79 Å². The Bertz CT molecular complexity index is 1450. The van der Waals surface area contributed by atoms with Gasteiger partial charge in [-0.1, -0.05) is 6.07 Å². The summed E-state index contributed by atoms with van der Waals surface area (Å²) < 4.78 is 49.3. The van der Waals surface area contributed by atoms with Crippen LogP contribution in [-0.4, -0.2) is 10.5 Å². The maximum absolute atomic E-state index is 14.4. The zero-order chi connectivity index (χ0) is 21.7. The largest absolute Gasteiger partial charge is 0.464 e. The first-order valence-electron chi connectivity index (χ1n) is 9.38. The van der Waals surface area contributed by atoms with E-state index in [1.54, 1.807) is 47.0 Å². The second-order valence-corrected chi connectivity index (χ2v) is 7.12. The van der Waals surface area contributed by atoms with Crippen LogP contribution in [0.2, 0.25) is 0 Å². The van der Waals surface area contributed by atoms with Gasteiger partial charge in [-0.25, -0.2) is 13.2 Å². The van der Waals surface area contributed by atoms with Gasteiger partial charge in [0.1, 0.15) is 23.2 Å². The van der Waals surface area contributed by atoms with E-state index in [9.17, 15) is 18.0 Å². The molecule has 0 spiro atoms. The molecule has 31 heavy (non-hydrogen) atoms. The Morgan fingerprint density at radius 1 is 1.03 bits per heavy atom. The van der Waals surface area contributed by atoms with Gasteiger partial charge in [-0.05, 0) is 42.5 Å². The summed E-state index contributed by atoms with van der Waals surface area (Å²) in [5.41, 5.74) is 7.35. The highest BCUT2D eigenvalue weighted by molar-refractivity contribution is 6.18. The lowest BCUT2D eigenvalue weighted by Gasteiger charge is -2.11. The molecule has 1 radical (unpaired) electrons. The molecule has 0 unspecified atom stereocenters. The van der Waals surface area contributed by atoms with Crippen molar-refractivity contribution < 1.29 is 22.4 Å². The number of benzene rings is 3. The second-order valence-electron chi connectivity index (χ2n) is 7.12. The van der Waals surface area contributed by atoms with E-state index in [0.29, 0.717) is 45.3 Å². The Balaban J connectivity index is 1.83. The van der Waals surface area contributed by atoms with Crippen molar-refractivity contribution in [3.63, 3.8) is 0 Å². The lowest BCUT2D eigenvalue weighted by Crippen LogP contribution is -2.11. The lowest BCUT2D eigenvalue weighted by molar-refractivity contribution is 0.100. The Kier molecular flexibility index (Phi) is 4.32. The van der Waals surface area contributed by atoms with Crippen molar-refractivity contribution in [2.24, 2.45) is 5.73 Å². The SMILES string of the molecule is NC(=O)c1cccc2c1c1[c]cc(-c3ccco3)cc1n2Cc1c(F)cc(F)cc1F. The van der Waals surface area contributed by atoms with Crippen molar-refractivity contribution in [2.45, 2.75) is 6.54 Å². The molecule has 0 bridgehead atoms. The van der Waals surface area contributed by atoms with Crippen molar-refractivity contribution in [1.29, 1.82) is 0 Å². The zero-order valence-electron chi connectivity index (χ0n) is 16.0. The van der Waals surface area contributed by atoms with E-state index < -0.39 is 23.4 Å². The van der Waals surface area contributed by atoms with Gasteiger partial charge in [0.15, 0.2) is 0 Å². The molecule has 1 amide bonds. The molecule has 2 aromatic heterocycles. The average molecular weight is 419 g/mol. The quantitative estimate of drug-likeness (QED) is 0.423. The molecule has 0 fully saturated rings. The van der Waals surface area contributed by atoms with Crippen LogP contribution < -0.4 is 5.73 Å². The van der Waals surface area contributed by atoms with E-state index >= 15 is 0 Å². The third kappa shape index (κ3) is 3.06. The second kappa shape index (κ2) is 7.05. The molecule has 0 aliphatic carbocycles. The van der Waals surface area contributed by atoms with Gasteiger partial charge in [-0.15, -0.1) is 0 Å². The summed E-state index contributed by atoms with van der Waals surface area (Å²) in [6.07, 6.45) is 1.53. The molecule has 2 N–H and O–H groups in total. The number of carbonyl (C=O) groups excluding carboxylic acids is 1. The molecular formula is C24H14F3N2O2. The van der Waals surface area contributed by atoms with Gasteiger partial charge in [0.2, 0.25) is 5.91 Å². The van der Waals surface area contributed by atoms with Gasteiger partial charge in [0.05, 0.1) is 23.8 Å². The fraction of sp³-hybridized carbons (Fsp3) is 0.0417. The highest BCUT2D eigenvalue weighted by atomic mass is 19.1.